The largest absolute Gasteiger partial charge is 0.511 e. The van der Waals surface area contributed by atoms with Crippen LogP contribution < -0.4 is 10.6 Å². The number of anilines is 1. The van der Waals surface area contributed by atoms with E-state index in [1.807, 2.05) is 6.92 Å². The van der Waals surface area contributed by atoms with Crippen LogP contribution >= 0.6 is 23.8 Å². The Hall–Kier alpha value is -1.59. The molecule has 1 aliphatic rings. The lowest BCUT2D eigenvalue weighted by molar-refractivity contribution is -0.115. The molecule has 0 unspecified atom stereocenters. The van der Waals surface area contributed by atoms with E-state index >= 15 is 0 Å². The first-order valence-electron chi connectivity index (χ1n) is 5.72. The number of rotatable bonds is 2. The molecule has 0 atom stereocenters. The SMILES string of the molecule is Cc1c(Cl)cccc1N1CCC(O)=C(C(N)=S)C1=O. The topological polar surface area (TPSA) is 66.6 Å². The van der Waals surface area contributed by atoms with Crippen LogP contribution in [0.1, 0.15) is 12.0 Å². The number of hydrogen-bond acceptors (Lipinski definition) is 3. The molecule has 3 N–H and O–H groups in total. The van der Waals surface area contributed by atoms with Crippen LogP contribution in [-0.4, -0.2) is 22.5 Å². The number of thiocarbonyl (C=S) groups is 1. The van der Waals surface area contributed by atoms with Crippen molar-refractivity contribution in [3.05, 3.63) is 40.1 Å². The zero-order chi connectivity index (χ0) is 14.2. The molecule has 1 aliphatic heterocycles. The van der Waals surface area contributed by atoms with Crippen molar-refractivity contribution in [3.63, 3.8) is 0 Å². The van der Waals surface area contributed by atoms with Crippen LogP contribution in [0.2, 0.25) is 5.02 Å². The summed E-state index contributed by atoms with van der Waals surface area (Å²) in [6.07, 6.45) is 0.324. The van der Waals surface area contributed by atoms with E-state index < -0.39 is 0 Å². The maximum absolute atomic E-state index is 12.3. The normalized spacial score (nSPS) is 15.9. The van der Waals surface area contributed by atoms with Gasteiger partial charge in [0.2, 0.25) is 0 Å². The molecular weight excluding hydrogens is 284 g/mol. The van der Waals surface area contributed by atoms with Crippen molar-refractivity contribution in [1.82, 2.24) is 0 Å². The second kappa shape index (κ2) is 5.19. The number of hydrogen-bond donors (Lipinski definition) is 2. The molecule has 0 bridgehead atoms. The fourth-order valence-electron chi connectivity index (χ4n) is 2.07. The molecular formula is C13H13ClN2O2S. The second-order valence-electron chi connectivity index (χ2n) is 4.28. The van der Waals surface area contributed by atoms with Crippen LogP contribution in [-0.2, 0) is 4.79 Å². The van der Waals surface area contributed by atoms with E-state index in [1.54, 1.807) is 18.2 Å². The molecule has 100 valence electrons. The van der Waals surface area contributed by atoms with Gasteiger partial charge in [-0.15, -0.1) is 0 Å². The molecule has 2 rings (SSSR count). The van der Waals surface area contributed by atoms with Gasteiger partial charge in [0.1, 0.15) is 16.3 Å². The summed E-state index contributed by atoms with van der Waals surface area (Å²) >= 11 is 10.9. The third-order valence-corrected chi connectivity index (χ3v) is 3.71. The van der Waals surface area contributed by atoms with Crippen LogP contribution in [0.15, 0.2) is 29.5 Å². The first-order valence-corrected chi connectivity index (χ1v) is 6.51. The molecule has 1 aromatic carbocycles. The lowest BCUT2D eigenvalue weighted by Crippen LogP contribution is -2.41. The number of halogens is 1. The Labute approximate surface area is 121 Å². The van der Waals surface area contributed by atoms with Gasteiger partial charge in [-0.1, -0.05) is 29.9 Å². The Bertz CT molecular complexity index is 598. The van der Waals surface area contributed by atoms with E-state index in [2.05, 4.69) is 0 Å². The smallest absolute Gasteiger partial charge is 0.264 e. The van der Waals surface area contributed by atoms with E-state index in [-0.39, 0.29) is 22.2 Å². The summed E-state index contributed by atoms with van der Waals surface area (Å²) in [5.41, 5.74) is 7.02. The van der Waals surface area contributed by atoms with E-state index in [0.29, 0.717) is 23.7 Å². The minimum absolute atomic E-state index is 0.0145. The highest BCUT2D eigenvalue weighted by Gasteiger charge is 2.30. The van der Waals surface area contributed by atoms with Gasteiger partial charge in [-0.2, -0.15) is 0 Å². The Morgan fingerprint density at radius 2 is 2.21 bits per heavy atom. The molecule has 1 aromatic rings. The molecule has 0 saturated carbocycles. The Kier molecular flexibility index (Phi) is 3.78. The van der Waals surface area contributed by atoms with Crippen LogP contribution in [0.3, 0.4) is 0 Å². The van der Waals surface area contributed by atoms with Gasteiger partial charge in [0.25, 0.3) is 5.91 Å². The van der Waals surface area contributed by atoms with E-state index in [1.165, 1.54) is 4.90 Å². The first-order chi connectivity index (χ1) is 8.93. The zero-order valence-electron chi connectivity index (χ0n) is 10.3. The minimum atomic E-state index is -0.387. The average Bonchev–Trinajstić information content (AvgIpc) is 2.33. The maximum atomic E-state index is 12.3. The number of amides is 1. The van der Waals surface area contributed by atoms with Gasteiger partial charge < -0.3 is 15.7 Å². The summed E-state index contributed by atoms with van der Waals surface area (Å²) in [5, 5.41) is 10.3. The number of nitrogens with two attached hydrogens (primary N) is 1. The van der Waals surface area contributed by atoms with Crippen LogP contribution in [0.25, 0.3) is 0 Å². The van der Waals surface area contributed by atoms with Crippen molar-refractivity contribution in [2.24, 2.45) is 5.73 Å². The number of aliphatic hydroxyl groups excluding tert-OH is 1. The summed E-state index contributed by atoms with van der Waals surface area (Å²) in [7, 11) is 0. The molecule has 1 heterocycles. The van der Waals surface area contributed by atoms with Gasteiger partial charge >= 0.3 is 0 Å². The van der Waals surface area contributed by atoms with Crippen molar-refractivity contribution in [3.8, 4) is 0 Å². The van der Waals surface area contributed by atoms with Crippen LogP contribution in [0.4, 0.5) is 5.69 Å². The molecule has 4 nitrogen and oxygen atoms in total. The van der Waals surface area contributed by atoms with Crippen molar-refractivity contribution < 1.29 is 9.90 Å². The van der Waals surface area contributed by atoms with Crippen molar-refractivity contribution in [1.29, 1.82) is 0 Å². The van der Waals surface area contributed by atoms with E-state index in [4.69, 9.17) is 29.6 Å². The van der Waals surface area contributed by atoms with Crippen molar-refractivity contribution in [2.75, 3.05) is 11.4 Å². The molecule has 0 fully saturated rings. The monoisotopic (exact) mass is 296 g/mol. The lowest BCUT2D eigenvalue weighted by atomic mass is 10.0. The lowest BCUT2D eigenvalue weighted by Gasteiger charge is -2.29. The molecule has 1 amide bonds. The predicted molar refractivity (Wildman–Crippen MR) is 79.6 cm³/mol. The van der Waals surface area contributed by atoms with Gasteiger partial charge in [0.05, 0.1) is 0 Å². The standard InChI is InChI=1S/C13H13ClN2O2S/c1-7-8(14)3-2-4-9(7)16-6-5-10(17)11(12(15)19)13(16)18/h2-4,17H,5-6H2,1H3,(H2,15,19). The Morgan fingerprint density at radius 3 is 2.84 bits per heavy atom. The molecule has 0 saturated heterocycles. The van der Waals surface area contributed by atoms with Gasteiger partial charge in [-0.3, -0.25) is 4.79 Å². The zero-order valence-corrected chi connectivity index (χ0v) is 11.9. The fourth-order valence-corrected chi connectivity index (χ4v) is 2.44. The molecule has 0 radical (unpaired) electrons. The number of aliphatic hydroxyl groups is 1. The van der Waals surface area contributed by atoms with Gasteiger partial charge in [-0.25, -0.2) is 0 Å². The highest BCUT2D eigenvalue weighted by Crippen LogP contribution is 2.30. The minimum Gasteiger partial charge on any atom is -0.511 e. The highest BCUT2D eigenvalue weighted by molar-refractivity contribution is 7.80. The molecule has 0 spiro atoms. The fraction of sp³-hybridized carbons (Fsp3) is 0.231. The van der Waals surface area contributed by atoms with Crippen LogP contribution in [0, 0.1) is 6.92 Å². The highest BCUT2D eigenvalue weighted by atomic mass is 35.5. The third kappa shape index (κ3) is 2.43. The van der Waals surface area contributed by atoms with E-state index in [0.717, 1.165) is 5.56 Å². The summed E-state index contributed by atoms with van der Waals surface area (Å²) < 4.78 is 0. The number of carbonyl (C=O) groups excluding carboxylic acids is 1. The number of carbonyl (C=O) groups is 1. The summed E-state index contributed by atoms with van der Waals surface area (Å²) in [4.78, 5) is 13.8. The summed E-state index contributed by atoms with van der Waals surface area (Å²) in [6, 6.07) is 5.34. The second-order valence-corrected chi connectivity index (χ2v) is 5.12. The first kappa shape index (κ1) is 13.8. The van der Waals surface area contributed by atoms with Gasteiger partial charge in [0.15, 0.2) is 0 Å². The quantitative estimate of drug-likeness (QED) is 0.823. The van der Waals surface area contributed by atoms with E-state index in [9.17, 15) is 9.90 Å². The summed E-state index contributed by atoms with van der Waals surface area (Å²) in [5.74, 6) is -0.435. The van der Waals surface area contributed by atoms with Gasteiger partial charge in [-0.05, 0) is 24.6 Å². The number of nitrogens with zero attached hydrogens (tertiary/aromatic N) is 1. The molecule has 6 heteroatoms. The molecule has 0 aliphatic carbocycles. The van der Waals surface area contributed by atoms with Gasteiger partial charge in [0, 0.05) is 23.7 Å². The molecule has 19 heavy (non-hydrogen) atoms. The summed E-state index contributed by atoms with van der Waals surface area (Å²) in [6.45, 7) is 2.21. The maximum Gasteiger partial charge on any atom is 0.264 e. The number of benzene rings is 1. The van der Waals surface area contributed by atoms with Crippen molar-refractivity contribution in [2.45, 2.75) is 13.3 Å². The molecule has 0 aromatic heterocycles. The Morgan fingerprint density at radius 1 is 1.53 bits per heavy atom. The predicted octanol–water partition coefficient (Wildman–Crippen LogP) is 2.48. The van der Waals surface area contributed by atoms with Crippen LogP contribution in [0.5, 0.6) is 0 Å². The third-order valence-electron chi connectivity index (χ3n) is 3.10. The average molecular weight is 297 g/mol. The van der Waals surface area contributed by atoms with Crippen molar-refractivity contribution >= 4 is 40.4 Å². The Balaban J connectivity index is 2.47.